The van der Waals surface area contributed by atoms with E-state index in [9.17, 15) is 4.79 Å². The Balaban J connectivity index is 1.59. The first-order valence-electron chi connectivity index (χ1n) is 8.14. The van der Waals surface area contributed by atoms with Crippen molar-refractivity contribution in [3.8, 4) is 0 Å². The van der Waals surface area contributed by atoms with Crippen LogP contribution in [-0.2, 0) is 4.79 Å². The van der Waals surface area contributed by atoms with Crippen molar-refractivity contribution in [3.63, 3.8) is 0 Å². The Hall–Kier alpha value is -2.09. The third-order valence-corrected chi connectivity index (χ3v) is 4.71. The van der Waals surface area contributed by atoms with E-state index in [0.717, 1.165) is 18.5 Å². The van der Waals surface area contributed by atoms with Crippen LogP contribution in [0.3, 0.4) is 0 Å². The minimum Gasteiger partial charge on any atom is -0.326 e. The highest BCUT2D eigenvalue weighted by atomic mass is 16.2. The number of hydrogen-bond donors (Lipinski definition) is 1. The molecule has 0 aliphatic heterocycles. The Morgan fingerprint density at radius 3 is 2.45 bits per heavy atom. The number of rotatable bonds is 5. The van der Waals surface area contributed by atoms with Crippen LogP contribution in [0.1, 0.15) is 49.7 Å². The van der Waals surface area contributed by atoms with Crippen LogP contribution in [0.2, 0.25) is 0 Å². The summed E-state index contributed by atoms with van der Waals surface area (Å²) >= 11 is 0. The van der Waals surface area contributed by atoms with Crippen LogP contribution in [0.15, 0.2) is 54.6 Å². The fourth-order valence-corrected chi connectivity index (χ4v) is 2.92. The second-order valence-corrected chi connectivity index (χ2v) is 6.28. The van der Waals surface area contributed by atoms with Gasteiger partial charge < -0.3 is 5.32 Å². The van der Waals surface area contributed by atoms with Gasteiger partial charge in [-0.2, -0.15) is 0 Å². The number of anilines is 1. The highest BCUT2D eigenvalue weighted by Gasteiger charge is 2.43. The summed E-state index contributed by atoms with van der Waals surface area (Å²) in [5.74, 6) is 1.22. The first-order chi connectivity index (χ1) is 10.7. The molecule has 1 fully saturated rings. The fraction of sp³-hybridized carbons (Fsp3) is 0.350. The van der Waals surface area contributed by atoms with Crippen molar-refractivity contribution >= 4 is 11.6 Å². The summed E-state index contributed by atoms with van der Waals surface area (Å²) in [6.07, 6.45) is 2.09. The SMILES string of the molecule is CCC(C)c1ccc(NC(=O)C2CC2c2ccccc2)cc1. The summed E-state index contributed by atoms with van der Waals surface area (Å²) in [4.78, 5) is 12.3. The number of benzene rings is 2. The molecular weight excluding hydrogens is 270 g/mol. The van der Waals surface area contributed by atoms with Gasteiger partial charge in [-0.3, -0.25) is 4.79 Å². The first-order valence-corrected chi connectivity index (χ1v) is 8.14. The molecule has 1 saturated carbocycles. The lowest BCUT2D eigenvalue weighted by molar-refractivity contribution is -0.117. The summed E-state index contributed by atoms with van der Waals surface area (Å²) in [7, 11) is 0. The molecule has 1 aliphatic carbocycles. The third kappa shape index (κ3) is 3.22. The average Bonchev–Trinajstić information content (AvgIpc) is 3.36. The van der Waals surface area contributed by atoms with Crippen LogP contribution in [0, 0.1) is 5.92 Å². The molecule has 3 atom stereocenters. The smallest absolute Gasteiger partial charge is 0.228 e. The van der Waals surface area contributed by atoms with Gasteiger partial charge in [-0.25, -0.2) is 0 Å². The van der Waals surface area contributed by atoms with E-state index in [4.69, 9.17) is 0 Å². The molecule has 0 radical (unpaired) electrons. The zero-order valence-corrected chi connectivity index (χ0v) is 13.3. The van der Waals surface area contributed by atoms with E-state index < -0.39 is 0 Å². The summed E-state index contributed by atoms with van der Waals surface area (Å²) in [5, 5.41) is 3.05. The Morgan fingerprint density at radius 2 is 1.82 bits per heavy atom. The molecule has 3 unspecified atom stereocenters. The predicted octanol–water partition coefficient (Wildman–Crippen LogP) is 4.94. The topological polar surface area (TPSA) is 29.1 Å². The molecule has 1 N–H and O–H groups in total. The van der Waals surface area contributed by atoms with Crippen molar-refractivity contribution in [1.29, 1.82) is 0 Å². The van der Waals surface area contributed by atoms with Gasteiger partial charge in [0.15, 0.2) is 0 Å². The van der Waals surface area contributed by atoms with E-state index in [0.29, 0.717) is 11.8 Å². The minimum atomic E-state index is 0.122. The van der Waals surface area contributed by atoms with Gasteiger partial charge in [-0.1, -0.05) is 56.3 Å². The van der Waals surface area contributed by atoms with Crippen LogP contribution < -0.4 is 5.32 Å². The predicted molar refractivity (Wildman–Crippen MR) is 91.1 cm³/mol. The molecule has 114 valence electrons. The van der Waals surface area contributed by atoms with Crippen molar-refractivity contribution in [1.82, 2.24) is 0 Å². The van der Waals surface area contributed by atoms with Gasteiger partial charge in [0.1, 0.15) is 0 Å². The molecule has 0 heterocycles. The molecular formula is C20H23NO. The maximum absolute atomic E-state index is 12.3. The normalized spacial score (nSPS) is 21.2. The van der Waals surface area contributed by atoms with E-state index in [1.807, 2.05) is 30.3 Å². The van der Waals surface area contributed by atoms with Gasteiger partial charge in [0.2, 0.25) is 5.91 Å². The van der Waals surface area contributed by atoms with Crippen LogP contribution in [0.25, 0.3) is 0 Å². The van der Waals surface area contributed by atoms with Crippen molar-refractivity contribution in [3.05, 3.63) is 65.7 Å². The van der Waals surface area contributed by atoms with E-state index in [1.54, 1.807) is 0 Å². The maximum atomic E-state index is 12.3. The Labute approximate surface area is 132 Å². The first kappa shape index (κ1) is 14.8. The van der Waals surface area contributed by atoms with Crippen molar-refractivity contribution < 1.29 is 4.79 Å². The molecule has 0 saturated heterocycles. The van der Waals surface area contributed by atoms with Crippen molar-refractivity contribution in [2.45, 2.75) is 38.5 Å². The lowest BCUT2D eigenvalue weighted by Gasteiger charge is -2.10. The van der Waals surface area contributed by atoms with Gasteiger partial charge in [0.05, 0.1) is 0 Å². The van der Waals surface area contributed by atoms with Crippen LogP contribution >= 0.6 is 0 Å². The summed E-state index contributed by atoms with van der Waals surface area (Å²) in [6, 6.07) is 18.6. The number of nitrogens with one attached hydrogen (secondary N) is 1. The van der Waals surface area contributed by atoms with Crippen LogP contribution in [0.4, 0.5) is 5.69 Å². The minimum absolute atomic E-state index is 0.122. The standard InChI is InChI=1S/C20H23NO/c1-3-14(2)15-9-11-17(12-10-15)21-20(22)19-13-18(19)16-7-5-4-6-8-16/h4-12,14,18-19H,3,13H2,1-2H3,(H,21,22). The molecule has 1 amide bonds. The van der Waals surface area contributed by atoms with Crippen LogP contribution in [-0.4, -0.2) is 5.91 Å². The summed E-state index contributed by atoms with van der Waals surface area (Å²) < 4.78 is 0. The van der Waals surface area contributed by atoms with E-state index >= 15 is 0 Å². The third-order valence-electron chi connectivity index (χ3n) is 4.71. The Bertz CT molecular complexity index is 633. The molecule has 2 nitrogen and oxygen atoms in total. The van der Waals surface area contributed by atoms with E-state index in [2.05, 4.69) is 43.4 Å². The molecule has 1 aliphatic rings. The largest absolute Gasteiger partial charge is 0.326 e. The lowest BCUT2D eigenvalue weighted by atomic mass is 9.98. The van der Waals surface area contributed by atoms with Crippen molar-refractivity contribution in [2.75, 3.05) is 5.32 Å². The Kier molecular flexibility index (Phi) is 4.28. The fourth-order valence-electron chi connectivity index (χ4n) is 2.92. The molecule has 3 rings (SSSR count). The van der Waals surface area contributed by atoms with Gasteiger partial charge in [-0.15, -0.1) is 0 Å². The van der Waals surface area contributed by atoms with E-state index in [1.165, 1.54) is 11.1 Å². The van der Waals surface area contributed by atoms with E-state index in [-0.39, 0.29) is 11.8 Å². The molecule has 0 bridgehead atoms. The molecule has 2 heteroatoms. The zero-order valence-electron chi connectivity index (χ0n) is 13.3. The summed E-state index contributed by atoms with van der Waals surface area (Å²) in [6.45, 7) is 4.42. The van der Waals surface area contributed by atoms with Crippen LogP contribution in [0.5, 0.6) is 0 Å². The molecule has 2 aromatic rings. The van der Waals surface area contributed by atoms with Gasteiger partial charge in [-0.05, 0) is 47.9 Å². The summed E-state index contributed by atoms with van der Waals surface area (Å²) in [5.41, 5.74) is 3.50. The number of carbonyl (C=O) groups is 1. The van der Waals surface area contributed by atoms with Gasteiger partial charge in [0, 0.05) is 11.6 Å². The maximum Gasteiger partial charge on any atom is 0.228 e. The molecule has 0 spiro atoms. The second-order valence-electron chi connectivity index (χ2n) is 6.28. The average molecular weight is 293 g/mol. The monoisotopic (exact) mass is 293 g/mol. The van der Waals surface area contributed by atoms with Crippen molar-refractivity contribution in [2.24, 2.45) is 5.92 Å². The zero-order chi connectivity index (χ0) is 15.5. The number of amides is 1. The number of carbonyl (C=O) groups excluding carboxylic acids is 1. The molecule has 0 aromatic heterocycles. The molecule has 22 heavy (non-hydrogen) atoms. The Morgan fingerprint density at radius 1 is 1.14 bits per heavy atom. The number of hydrogen-bond acceptors (Lipinski definition) is 1. The highest BCUT2D eigenvalue weighted by molar-refractivity contribution is 5.95. The second kappa shape index (κ2) is 6.35. The van der Waals surface area contributed by atoms with Gasteiger partial charge >= 0.3 is 0 Å². The lowest BCUT2D eigenvalue weighted by Crippen LogP contribution is -2.14. The highest BCUT2D eigenvalue weighted by Crippen LogP contribution is 2.47. The van der Waals surface area contributed by atoms with Gasteiger partial charge in [0.25, 0.3) is 0 Å². The quantitative estimate of drug-likeness (QED) is 0.831. The molecule has 2 aromatic carbocycles.